The van der Waals surface area contributed by atoms with E-state index in [2.05, 4.69) is 5.32 Å². The van der Waals surface area contributed by atoms with E-state index in [1.54, 1.807) is 51.1 Å². The van der Waals surface area contributed by atoms with E-state index in [4.69, 9.17) is 23.0 Å². The van der Waals surface area contributed by atoms with E-state index in [0.717, 1.165) is 5.39 Å². The number of carbonyl (C=O) groups is 1. The molecule has 5 rings (SSSR count). The third-order valence-electron chi connectivity index (χ3n) is 6.54. The summed E-state index contributed by atoms with van der Waals surface area (Å²) in [5, 5.41) is 24.9. The van der Waals surface area contributed by atoms with E-state index in [0.29, 0.717) is 16.5 Å². The van der Waals surface area contributed by atoms with E-state index < -0.39 is 41.7 Å². The quantitative estimate of drug-likeness (QED) is 0.345. The Labute approximate surface area is 211 Å². The number of ether oxygens (including phenoxy) is 3. The summed E-state index contributed by atoms with van der Waals surface area (Å²) in [5.41, 5.74) is -0.478. The molecule has 0 bridgehead atoms. The fraction of sp³-hybridized carbons (Fsp3) is 0.333. The van der Waals surface area contributed by atoms with Crippen LogP contribution in [0.2, 0.25) is 0 Å². The van der Waals surface area contributed by atoms with Crippen LogP contribution < -0.4 is 15.7 Å². The highest BCUT2D eigenvalue weighted by Gasteiger charge is 2.50. The van der Waals surface area contributed by atoms with Crippen molar-refractivity contribution < 1.29 is 38.1 Å². The van der Waals surface area contributed by atoms with Crippen LogP contribution in [0.25, 0.3) is 21.9 Å². The third kappa shape index (κ3) is 4.49. The number of hydrogen-bond donors (Lipinski definition) is 3. The molecule has 0 unspecified atom stereocenters. The van der Waals surface area contributed by atoms with Crippen molar-refractivity contribution >= 4 is 33.5 Å². The van der Waals surface area contributed by atoms with Gasteiger partial charge in [0.25, 0.3) is 5.91 Å². The molecule has 37 heavy (non-hydrogen) atoms. The minimum absolute atomic E-state index is 0.0486. The van der Waals surface area contributed by atoms with Gasteiger partial charge < -0.3 is 38.6 Å². The molecule has 1 fully saturated rings. The number of methoxy groups -OCH3 is 1. The van der Waals surface area contributed by atoms with Gasteiger partial charge in [-0.25, -0.2) is 4.79 Å². The summed E-state index contributed by atoms with van der Waals surface area (Å²) in [7, 11) is 1.43. The van der Waals surface area contributed by atoms with Gasteiger partial charge >= 0.3 is 5.63 Å². The summed E-state index contributed by atoms with van der Waals surface area (Å²) < 4.78 is 28.1. The monoisotopic (exact) mass is 509 g/mol. The van der Waals surface area contributed by atoms with Gasteiger partial charge in [0.1, 0.15) is 40.9 Å². The zero-order chi connectivity index (χ0) is 26.5. The first-order chi connectivity index (χ1) is 17.6. The number of nitrogens with one attached hydrogen (secondary N) is 1. The number of aryl methyl sites for hydroxylation is 1. The van der Waals surface area contributed by atoms with Crippen LogP contribution in [0.15, 0.2) is 62.2 Å². The average Bonchev–Trinajstić information content (AvgIpc) is 3.30. The van der Waals surface area contributed by atoms with Crippen molar-refractivity contribution in [2.75, 3.05) is 12.4 Å². The first kappa shape index (κ1) is 25.0. The highest BCUT2D eigenvalue weighted by molar-refractivity contribution is 6.05. The van der Waals surface area contributed by atoms with Gasteiger partial charge in [-0.15, -0.1) is 0 Å². The van der Waals surface area contributed by atoms with E-state index in [1.807, 2.05) is 12.1 Å². The average molecular weight is 510 g/mol. The highest BCUT2D eigenvalue weighted by atomic mass is 16.7. The van der Waals surface area contributed by atoms with Gasteiger partial charge in [-0.1, -0.05) is 18.2 Å². The summed E-state index contributed by atoms with van der Waals surface area (Å²) in [6.45, 7) is 5.13. The van der Waals surface area contributed by atoms with Crippen LogP contribution >= 0.6 is 0 Å². The summed E-state index contributed by atoms with van der Waals surface area (Å²) in [6.07, 6.45) is -4.57. The Hall–Kier alpha value is -3.70. The molecule has 4 atom stereocenters. The Kier molecular flexibility index (Phi) is 6.28. The second kappa shape index (κ2) is 9.31. The Balaban J connectivity index is 1.40. The number of fused-ring (bicyclic) bond motifs is 2. The number of hydrogen-bond acceptors (Lipinski definition) is 9. The van der Waals surface area contributed by atoms with Crippen molar-refractivity contribution in [1.29, 1.82) is 0 Å². The van der Waals surface area contributed by atoms with Crippen LogP contribution in [0, 0.1) is 6.92 Å². The predicted octanol–water partition coefficient (Wildman–Crippen LogP) is 3.35. The van der Waals surface area contributed by atoms with Gasteiger partial charge in [-0.05, 0) is 51.1 Å². The molecule has 1 saturated heterocycles. The van der Waals surface area contributed by atoms with Crippen molar-refractivity contribution in [3.63, 3.8) is 0 Å². The van der Waals surface area contributed by atoms with Gasteiger partial charge in [0, 0.05) is 23.4 Å². The number of carbonyl (C=O) groups excluding carboxylic acids is 1. The van der Waals surface area contributed by atoms with E-state index in [1.165, 1.54) is 13.2 Å². The normalized spacial score (nSPS) is 23.3. The largest absolute Gasteiger partial charge is 0.462 e. The molecule has 3 N–H and O–H groups in total. The van der Waals surface area contributed by atoms with Crippen molar-refractivity contribution in [2.45, 2.75) is 51.0 Å². The molecule has 2 aromatic carbocycles. The molecular formula is C27H27NO9. The maximum atomic E-state index is 12.7. The maximum Gasteiger partial charge on any atom is 0.360 e. The number of furan rings is 1. The number of rotatable bonds is 5. The van der Waals surface area contributed by atoms with Crippen molar-refractivity contribution in [3.05, 3.63) is 70.3 Å². The van der Waals surface area contributed by atoms with Gasteiger partial charge in [-0.2, -0.15) is 0 Å². The Bertz CT molecular complexity index is 1500. The molecule has 10 nitrogen and oxygen atoms in total. The van der Waals surface area contributed by atoms with Crippen LogP contribution in [0.1, 0.15) is 30.0 Å². The number of benzene rings is 2. The number of aliphatic hydroxyl groups excluding tert-OH is 2. The summed E-state index contributed by atoms with van der Waals surface area (Å²) in [6, 6.07) is 13.6. The fourth-order valence-electron chi connectivity index (χ4n) is 4.63. The van der Waals surface area contributed by atoms with Gasteiger partial charge in [0.05, 0.1) is 5.60 Å². The second-order valence-corrected chi connectivity index (χ2v) is 9.50. The molecule has 194 valence electrons. The lowest BCUT2D eigenvalue weighted by Gasteiger charge is -2.46. The first-order valence-corrected chi connectivity index (χ1v) is 11.7. The zero-order valence-corrected chi connectivity index (χ0v) is 20.7. The molecule has 0 radical (unpaired) electrons. The van der Waals surface area contributed by atoms with Gasteiger partial charge in [-0.3, -0.25) is 4.79 Å². The summed E-state index contributed by atoms with van der Waals surface area (Å²) in [4.78, 5) is 25.4. The molecule has 1 aliphatic heterocycles. The lowest BCUT2D eigenvalue weighted by atomic mass is 9.89. The lowest BCUT2D eigenvalue weighted by molar-refractivity contribution is -0.306. The number of anilines is 1. The first-order valence-electron chi connectivity index (χ1n) is 11.7. The topological polar surface area (TPSA) is 141 Å². The highest BCUT2D eigenvalue weighted by Crippen LogP contribution is 2.35. The standard InChI is InChI=1S/C27H27NO9/c1-13-17(35-26-21(30)20(29)23(33-4)27(2,3)37-26)10-9-15-11-16(25(32)36-22(13)15)28-24(31)19-12-14-7-5-6-8-18(14)34-19/h5-12,20-21,23,26,29-30H,1-4H3,(H,28,31)/t20-,21-,23+,26+/m0/s1. The SMILES string of the molecule is CO[C@@H]1[C@@H](O)[C@H](O)[C@H](Oc2ccc3cc(NC(=O)c4cc5ccccc5o4)c(=O)oc3c2C)OC1(C)C. The van der Waals surface area contributed by atoms with Gasteiger partial charge in [0.15, 0.2) is 5.76 Å². The number of aliphatic hydroxyl groups is 2. The van der Waals surface area contributed by atoms with Crippen LogP contribution in [-0.4, -0.2) is 53.4 Å². The second-order valence-electron chi connectivity index (χ2n) is 9.50. The minimum Gasteiger partial charge on any atom is -0.462 e. The molecule has 10 heteroatoms. The lowest BCUT2D eigenvalue weighted by Crippen LogP contribution is -2.63. The van der Waals surface area contributed by atoms with E-state index >= 15 is 0 Å². The van der Waals surface area contributed by atoms with Crippen molar-refractivity contribution in [2.24, 2.45) is 0 Å². The molecule has 0 saturated carbocycles. The molecule has 4 aromatic rings. The smallest absolute Gasteiger partial charge is 0.360 e. The molecule has 3 heterocycles. The number of amides is 1. The minimum atomic E-state index is -1.38. The Morgan fingerprint density at radius 1 is 1.03 bits per heavy atom. The van der Waals surface area contributed by atoms with Gasteiger partial charge in [0.2, 0.25) is 6.29 Å². The van der Waals surface area contributed by atoms with Crippen LogP contribution in [0.3, 0.4) is 0 Å². The predicted molar refractivity (Wildman–Crippen MR) is 134 cm³/mol. The molecular weight excluding hydrogens is 482 g/mol. The molecule has 0 spiro atoms. The summed E-state index contributed by atoms with van der Waals surface area (Å²) >= 11 is 0. The van der Waals surface area contributed by atoms with E-state index in [9.17, 15) is 19.8 Å². The Morgan fingerprint density at radius 2 is 1.78 bits per heavy atom. The van der Waals surface area contributed by atoms with Crippen molar-refractivity contribution in [1.82, 2.24) is 0 Å². The fourth-order valence-corrected chi connectivity index (χ4v) is 4.63. The zero-order valence-electron chi connectivity index (χ0n) is 20.7. The van der Waals surface area contributed by atoms with Crippen LogP contribution in [0.4, 0.5) is 5.69 Å². The summed E-state index contributed by atoms with van der Waals surface area (Å²) in [5.74, 6) is -0.233. The molecule has 1 aliphatic rings. The maximum absolute atomic E-state index is 12.7. The molecule has 1 amide bonds. The molecule has 2 aromatic heterocycles. The van der Waals surface area contributed by atoms with Crippen LogP contribution in [-0.2, 0) is 9.47 Å². The Morgan fingerprint density at radius 3 is 2.51 bits per heavy atom. The third-order valence-corrected chi connectivity index (χ3v) is 6.54. The molecule has 0 aliphatic carbocycles. The van der Waals surface area contributed by atoms with Crippen molar-refractivity contribution in [3.8, 4) is 5.75 Å². The number of para-hydroxylation sites is 1. The van der Waals surface area contributed by atoms with E-state index in [-0.39, 0.29) is 22.8 Å². The van der Waals surface area contributed by atoms with Crippen LogP contribution in [0.5, 0.6) is 5.75 Å².